The molecule has 0 saturated carbocycles. The van der Waals surface area contributed by atoms with E-state index in [9.17, 15) is 14.0 Å². The zero-order valence-electron chi connectivity index (χ0n) is 7.94. The summed E-state index contributed by atoms with van der Waals surface area (Å²) in [5, 5.41) is 8.25. The molecule has 0 amide bonds. The summed E-state index contributed by atoms with van der Waals surface area (Å²) in [6.45, 7) is 1.35. The monoisotopic (exact) mass is 212 g/mol. The number of aliphatic carboxylic acids is 1. The van der Waals surface area contributed by atoms with E-state index in [4.69, 9.17) is 5.11 Å². The third kappa shape index (κ3) is 3.05. The molecule has 0 radical (unpaired) electrons. The van der Waals surface area contributed by atoms with Crippen LogP contribution < -0.4 is 4.74 Å². The van der Waals surface area contributed by atoms with Crippen LogP contribution in [-0.4, -0.2) is 23.2 Å². The number of hydrogen-bond acceptors (Lipinski definition) is 3. The largest absolute Gasteiger partial charge is 0.476 e. The smallest absolute Gasteiger partial charge is 0.378 e. The molecule has 0 aliphatic carbocycles. The third-order valence-electron chi connectivity index (χ3n) is 1.67. The van der Waals surface area contributed by atoms with Crippen molar-refractivity contribution >= 4 is 11.8 Å². The number of ether oxygens (including phenoxy) is 1. The van der Waals surface area contributed by atoms with Crippen molar-refractivity contribution in [2.75, 3.05) is 0 Å². The predicted octanol–water partition coefficient (Wildman–Crippen LogP) is 1.65. The Morgan fingerprint density at radius 2 is 2.13 bits per heavy atom. The van der Waals surface area contributed by atoms with E-state index in [-0.39, 0.29) is 11.5 Å². The van der Waals surface area contributed by atoms with Crippen molar-refractivity contribution in [3.63, 3.8) is 0 Å². The summed E-state index contributed by atoms with van der Waals surface area (Å²) in [4.78, 5) is 21.1. The minimum atomic E-state index is -2.42. The maximum absolute atomic E-state index is 12.6. The Kier molecular flexibility index (Phi) is 3.38. The van der Waals surface area contributed by atoms with Gasteiger partial charge in [0.15, 0.2) is 5.78 Å². The predicted molar refractivity (Wildman–Crippen MR) is 49.6 cm³/mol. The summed E-state index contributed by atoms with van der Waals surface area (Å²) in [7, 11) is 0. The summed E-state index contributed by atoms with van der Waals surface area (Å²) in [6, 6.07) is 5.68. The first-order chi connectivity index (χ1) is 7.00. The van der Waals surface area contributed by atoms with E-state index in [1.54, 1.807) is 0 Å². The van der Waals surface area contributed by atoms with E-state index in [0.29, 0.717) is 5.56 Å². The average Bonchev–Trinajstić information content (AvgIpc) is 2.18. The van der Waals surface area contributed by atoms with Gasteiger partial charge >= 0.3 is 12.3 Å². The molecule has 1 aromatic rings. The first-order valence-corrected chi connectivity index (χ1v) is 4.15. The number of Topliss-reactive ketones (excluding diaryl/α,β-unsaturated/α-hetero) is 1. The van der Waals surface area contributed by atoms with Gasteiger partial charge in [0.05, 0.1) is 0 Å². The van der Waals surface area contributed by atoms with Crippen LogP contribution in [-0.2, 0) is 4.79 Å². The van der Waals surface area contributed by atoms with Crippen molar-refractivity contribution in [3.8, 4) is 5.75 Å². The molecule has 4 nitrogen and oxygen atoms in total. The lowest BCUT2D eigenvalue weighted by Gasteiger charge is -2.07. The molecular formula is C10H9FO4. The van der Waals surface area contributed by atoms with Crippen LogP contribution in [0.5, 0.6) is 5.75 Å². The Bertz CT molecular complexity index is 389. The molecule has 1 rings (SSSR count). The second-order valence-corrected chi connectivity index (χ2v) is 2.86. The molecule has 0 heterocycles. The molecule has 80 valence electrons. The van der Waals surface area contributed by atoms with E-state index in [1.807, 2.05) is 0 Å². The van der Waals surface area contributed by atoms with Crippen molar-refractivity contribution in [1.29, 1.82) is 0 Å². The van der Waals surface area contributed by atoms with Crippen LogP contribution >= 0.6 is 0 Å². The lowest BCUT2D eigenvalue weighted by Crippen LogP contribution is -2.21. The summed E-state index contributed by atoms with van der Waals surface area (Å²) >= 11 is 0. The van der Waals surface area contributed by atoms with Crippen LogP contribution in [0, 0.1) is 0 Å². The van der Waals surface area contributed by atoms with Gasteiger partial charge in [0.2, 0.25) is 0 Å². The fourth-order valence-electron chi connectivity index (χ4n) is 0.958. The number of halogens is 1. The molecule has 1 unspecified atom stereocenters. The van der Waals surface area contributed by atoms with Gasteiger partial charge in [-0.25, -0.2) is 4.79 Å². The van der Waals surface area contributed by atoms with E-state index in [1.165, 1.54) is 31.2 Å². The van der Waals surface area contributed by atoms with Crippen LogP contribution in [0.1, 0.15) is 17.3 Å². The van der Waals surface area contributed by atoms with E-state index in [2.05, 4.69) is 4.74 Å². The highest BCUT2D eigenvalue weighted by Crippen LogP contribution is 2.15. The molecule has 0 fully saturated rings. The molecule has 0 bridgehead atoms. The SMILES string of the molecule is CC(=O)c1cccc(OC(F)C(=O)O)c1. The Labute approximate surface area is 85.3 Å². The van der Waals surface area contributed by atoms with E-state index >= 15 is 0 Å². The second kappa shape index (κ2) is 4.54. The normalized spacial score (nSPS) is 11.9. The number of alkyl halides is 1. The molecule has 1 atom stereocenters. The number of ketones is 1. The van der Waals surface area contributed by atoms with Crippen molar-refractivity contribution in [1.82, 2.24) is 0 Å². The fourth-order valence-corrected chi connectivity index (χ4v) is 0.958. The molecule has 0 spiro atoms. The van der Waals surface area contributed by atoms with Gasteiger partial charge in [-0.1, -0.05) is 12.1 Å². The highest BCUT2D eigenvalue weighted by molar-refractivity contribution is 5.94. The van der Waals surface area contributed by atoms with Crippen molar-refractivity contribution in [3.05, 3.63) is 29.8 Å². The Hall–Kier alpha value is -1.91. The van der Waals surface area contributed by atoms with Crippen LogP contribution in [0.2, 0.25) is 0 Å². The summed E-state index contributed by atoms with van der Waals surface area (Å²) in [6.07, 6.45) is -2.42. The molecule has 0 saturated heterocycles. The summed E-state index contributed by atoms with van der Waals surface area (Å²) in [5.41, 5.74) is 0.338. The highest BCUT2D eigenvalue weighted by Gasteiger charge is 2.17. The average molecular weight is 212 g/mol. The first kappa shape index (κ1) is 11.2. The molecule has 1 aromatic carbocycles. The maximum Gasteiger partial charge on any atom is 0.378 e. The lowest BCUT2D eigenvalue weighted by molar-refractivity contribution is -0.153. The number of carboxylic acids is 1. The van der Waals surface area contributed by atoms with Gasteiger partial charge in [0.1, 0.15) is 5.75 Å². The Balaban J connectivity index is 2.82. The highest BCUT2D eigenvalue weighted by atomic mass is 19.1. The quantitative estimate of drug-likeness (QED) is 0.770. The Morgan fingerprint density at radius 1 is 1.47 bits per heavy atom. The van der Waals surface area contributed by atoms with E-state index < -0.39 is 12.3 Å². The van der Waals surface area contributed by atoms with Crippen LogP contribution in [0.4, 0.5) is 4.39 Å². The standard InChI is InChI=1S/C10H9FO4/c1-6(12)7-3-2-4-8(5-7)15-9(11)10(13)14/h2-5,9H,1H3,(H,13,14). The zero-order chi connectivity index (χ0) is 11.4. The zero-order valence-corrected chi connectivity index (χ0v) is 7.94. The second-order valence-electron chi connectivity index (χ2n) is 2.86. The number of hydrogen-bond donors (Lipinski definition) is 1. The van der Waals surface area contributed by atoms with Crippen molar-refractivity contribution in [2.24, 2.45) is 0 Å². The summed E-state index contributed by atoms with van der Waals surface area (Å²) < 4.78 is 17.1. The maximum atomic E-state index is 12.6. The molecular weight excluding hydrogens is 203 g/mol. The molecule has 0 aliphatic heterocycles. The fraction of sp³-hybridized carbons (Fsp3) is 0.200. The van der Waals surface area contributed by atoms with Gasteiger partial charge in [-0.15, -0.1) is 0 Å². The minimum Gasteiger partial charge on any atom is -0.476 e. The molecule has 1 N–H and O–H groups in total. The third-order valence-corrected chi connectivity index (χ3v) is 1.67. The van der Waals surface area contributed by atoms with Crippen LogP contribution in [0.25, 0.3) is 0 Å². The van der Waals surface area contributed by atoms with Crippen LogP contribution in [0.3, 0.4) is 0 Å². The van der Waals surface area contributed by atoms with Gasteiger partial charge in [-0.05, 0) is 19.1 Å². The number of benzene rings is 1. The molecule has 0 aromatic heterocycles. The molecule has 5 heteroatoms. The first-order valence-electron chi connectivity index (χ1n) is 4.15. The number of carboxylic acid groups (broad SMARTS) is 1. The molecule has 0 aliphatic rings. The molecule has 15 heavy (non-hydrogen) atoms. The minimum absolute atomic E-state index is 0.0117. The topological polar surface area (TPSA) is 63.6 Å². The van der Waals surface area contributed by atoms with Gasteiger partial charge < -0.3 is 9.84 Å². The number of carbonyl (C=O) groups excluding carboxylic acids is 1. The lowest BCUT2D eigenvalue weighted by atomic mass is 10.1. The van der Waals surface area contributed by atoms with Crippen molar-refractivity contribution < 1.29 is 23.8 Å². The number of carbonyl (C=O) groups is 2. The summed E-state index contributed by atoms with van der Waals surface area (Å²) in [5.74, 6) is -1.90. The Morgan fingerprint density at radius 3 is 2.67 bits per heavy atom. The van der Waals surface area contributed by atoms with Crippen molar-refractivity contribution in [2.45, 2.75) is 13.3 Å². The van der Waals surface area contributed by atoms with Gasteiger partial charge in [-0.2, -0.15) is 4.39 Å². The van der Waals surface area contributed by atoms with Gasteiger partial charge in [-0.3, -0.25) is 4.79 Å². The van der Waals surface area contributed by atoms with E-state index in [0.717, 1.165) is 0 Å². The van der Waals surface area contributed by atoms with Crippen LogP contribution in [0.15, 0.2) is 24.3 Å². The number of rotatable bonds is 4. The van der Waals surface area contributed by atoms with Gasteiger partial charge in [0, 0.05) is 5.56 Å². The van der Waals surface area contributed by atoms with Gasteiger partial charge in [0.25, 0.3) is 0 Å².